The Kier molecular flexibility index (Phi) is 3.62. The third kappa shape index (κ3) is 2.50. The Morgan fingerprint density at radius 1 is 1.33 bits per heavy atom. The van der Waals surface area contributed by atoms with Gasteiger partial charge in [-0.05, 0) is 12.5 Å². The molecule has 0 unspecified atom stereocenters. The highest BCUT2D eigenvalue weighted by Crippen LogP contribution is 2.22. The second kappa shape index (κ2) is 5.57. The van der Waals surface area contributed by atoms with Crippen molar-refractivity contribution >= 4 is 27.7 Å². The second-order valence-corrected chi connectivity index (χ2v) is 5.11. The van der Waals surface area contributed by atoms with Gasteiger partial charge in [-0.3, -0.25) is 0 Å². The maximum Gasteiger partial charge on any atom is 0.320 e. The minimum absolute atomic E-state index is 0.415. The first-order chi connectivity index (χ1) is 10.2. The van der Waals surface area contributed by atoms with E-state index in [1.165, 1.54) is 0 Å². The van der Waals surface area contributed by atoms with Crippen molar-refractivity contribution in [2.45, 2.75) is 13.5 Å². The molecule has 0 spiro atoms. The molecular weight excluding hydrogens is 279 g/mol. The first kappa shape index (κ1) is 13.6. The highest BCUT2D eigenvalue weighted by atomic mass is 27.1. The topological polar surface area (TPSA) is 63.7 Å². The van der Waals surface area contributed by atoms with E-state index >= 15 is 0 Å². The van der Waals surface area contributed by atoms with Gasteiger partial charge in [0, 0.05) is 5.69 Å². The molecule has 2 aromatic heterocycles. The van der Waals surface area contributed by atoms with E-state index < -0.39 is 0 Å². The van der Waals surface area contributed by atoms with Gasteiger partial charge in [0.05, 0.1) is 11.8 Å². The van der Waals surface area contributed by atoms with Crippen molar-refractivity contribution in [1.82, 2.24) is 13.5 Å². The molecule has 2 radical (unpaired) electrons. The fourth-order valence-electron chi connectivity index (χ4n) is 2.10. The summed E-state index contributed by atoms with van der Waals surface area (Å²) < 4.78 is 7.43. The summed E-state index contributed by atoms with van der Waals surface area (Å²) in [6.45, 7) is 2.28. The molecule has 0 saturated heterocycles. The standard InChI is InChI=1S/C15H11N4O.Al/c1-10-12(7-16)14-15(18-10)17-8-13(19-14)20-9-11-5-3-2-4-6-11;/h2-6,8H,9H2,1H3;/q-1;+1. The van der Waals surface area contributed by atoms with Crippen molar-refractivity contribution in [3.05, 3.63) is 53.3 Å². The van der Waals surface area contributed by atoms with Crippen LogP contribution >= 0.6 is 0 Å². The van der Waals surface area contributed by atoms with E-state index in [4.69, 9.17) is 4.74 Å². The maximum absolute atomic E-state index is 9.25. The van der Waals surface area contributed by atoms with E-state index in [2.05, 4.69) is 32.5 Å². The number of nitrogens with zero attached hydrogens (tertiary/aromatic N) is 4. The summed E-state index contributed by atoms with van der Waals surface area (Å²) in [5.74, 6) is 0.415. The molecule has 0 atom stereocenters. The lowest BCUT2D eigenvalue weighted by Crippen LogP contribution is -1.99. The third-order valence-corrected chi connectivity index (χ3v) is 3.89. The molecule has 21 heavy (non-hydrogen) atoms. The maximum atomic E-state index is 9.25. The Labute approximate surface area is 130 Å². The SMILES string of the molecule is Cc1c(C#N)c2nc(OCc3ccccc3)cnc2[n]1[Al]. The molecule has 6 heteroatoms. The van der Waals surface area contributed by atoms with Gasteiger partial charge in [-0.1, -0.05) is 30.3 Å². The zero-order chi connectivity index (χ0) is 14.8. The van der Waals surface area contributed by atoms with Crippen LogP contribution in [0.15, 0.2) is 36.5 Å². The molecule has 0 fully saturated rings. The molecule has 0 saturated carbocycles. The summed E-state index contributed by atoms with van der Waals surface area (Å²) in [5, 5.41) is 9.25. The van der Waals surface area contributed by atoms with Crippen LogP contribution in [0.3, 0.4) is 0 Å². The molecule has 5 nitrogen and oxygen atoms in total. The van der Waals surface area contributed by atoms with Crippen LogP contribution in [0.5, 0.6) is 5.88 Å². The van der Waals surface area contributed by atoms with Crippen molar-refractivity contribution in [1.29, 1.82) is 5.26 Å². The Balaban J connectivity index is 1.93. The van der Waals surface area contributed by atoms with Crippen LogP contribution in [0.1, 0.15) is 16.8 Å². The van der Waals surface area contributed by atoms with Gasteiger partial charge in [0.15, 0.2) is 0 Å². The van der Waals surface area contributed by atoms with Crippen LogP contribution < -0.4 is 4.74 Å². The first-order valence-corrected chi connectivity index (χ1v) is 6.92. The van der Waals surface area contributed by atoms with Crippen LogP contribution in [-0.2, 0) is 6.61 Å². The number of nitriles is 1. The van der Waals surface area contributed by atoms with E-state index in [0.717, 1.165) is 11.3 Å². The van der Waals surface area contributed by atoms with Crippen LogP contribution in [-0.4, -0.2) is 30.0 Å². The van der Waals surface area contributed by atoms with Crippen LogP contribution in [0.2, 0.25) is 0 Å². The molecule has 100 valence electrons. The fourth-order valence-corrected chi connectivity index (χ4v) is 2.41. The monoisotopic (exact) mass is 290 g/mol. The van der Waals surface area contributed by atoms with Gasteiger partial charge < -0.3 is 8.29 Å². The van der Waals surface area contributed by atoms with E-state index in [-0.39, 0.29) is 0 Å². The fraction of sp³-hybridized carbons (Fsp3) is 0.133. The Morgan fingerprint density at radius 2 is 2.10 bits per heavy atom. The quantitative estimate of drug-likeness (QED) is 0.693. The Bertz CT molecular complexity index is 836. The van der Waals surface area contributed by atoms with Crippen molar-refractivity contribution in [3.63, 3.8) is 0 Å². The summed E-state index contributed by atoms with van der Waals surface area (Å²) in [6.07, 6.45) is 1.58. The summed E-state index contributed by atoms with van der Waals surface area (Å²) in [6, 6.07) is 12.0. The van der Waals surface area contributed by atoms with E-state index in [1.807, 2.05) is 37.3 Å². The third-order valence-electron chi connectivity index (χ3n) is 3.26. The molecule has 2 heterocycles. The molecule has 0 bridgehead atoms. The molecule has 0 aliphatic heterocycles. The van der Waals surface area contributed by atoms with Gasteiger partial charge in [-0.15, -0.1) is 0 Å². The molecular formula is C15H11AlN4O. The minimum atomic E-state index is 0.415. The largest absolute Gasteiger partial charge is 0.472 e. The van der Waals surface area contributed by atoms with Crippen molar-refractivity contribution in [2.24, 2.45) is 0 Å². The van der Waals surface area contributed by atoms with E-state index in [1.54, 1.807) is 9.75 Å². The predicted octanol–water partition coefficient (Wildman–Crippen LogP) is 2.12. The molecule has 3 rings (SSSR count). The van der Waals surface area contributed by atoms with Gasteiger partial charge in [0.2, 0.25) is 5.88 Å². The number of ether oxygens (including phenoxy) is 1. The highest BCUT2D eigenvalue weighted by molar-refractivity contribution is 6.12. The average Bonchev–Trinajstić information content (AvgIpc) is 2.77. The number of aromatic nitrogens is 3. The molecule has 3 aromatic rings. The average molecular weight is 290 g/mol. The molecule has 1 aromatic carbocycles. The van der Waals surface area contributed by atoms with Crippen LogP contribution in [0.25, 0.3) is 11.2 Å². The molecule has 0 N–H and O–H groups in total. The Hall–Kier alpha value is -2.34. The zero-order valence-electron chi connectivity index (χ0n) is 11.4. The van der Waals surface area contributed by atoms with Crippen molar-refractivity contribution in [2.75, 3.05) is 0 Å². The molecule has 0 aliphatic rings. The van der Waals surface area contributed by atoms with Crippen molar-refractivity contribution < 1.29 is 4.74 Å². The summed E-state index contributed by atoms with van der Waals surface area (Å²) in [5.41, 5.74) is 3.62. The number of hydrogen-bond donors (Lipinski definition) is 0. The Morgan fingerprint density at radius 3 is 2.81 bits per heavy atom. The van der Waals surface area contributed by atoms with Crippen molar-refractivity contribution in [3.8, 4) is 11.9 Å². The van der Waals surface area contributed by atoms with Gasteiger partial charge in [-0.2, -0.15) is 5.26 Å². The second-order valence-electron chi connectivity index (χ2n) is 4.60. The van der Waals surface area contributed by atoms with E-state index in [0.29, 0.717) is 29.2 Å². The predicted molar refractivity (Wildman–Crippen MR) is 78.9 cm³/mol. The summed E-state index contributed by atoms with van der Waals surface area (Å²) in [7, 11) is 0. The molecule has 0 amide bonds. The van der Waals surface area contributed by atoms with Gasteiger partial charge in [-0.25, -0.2) is 9.97 Å². The van der Waals surface area contributed by atoms with Gasteiger partial charge in [0.1, 0.15) is 23.8 Å². The smallest absolute Gasteiger partial charge is 0.320 e. The van der Waals surface area contributed by atoms with Crippen LogP contribution in [0, 0.1) is 18.3 Å². The first-order valence-electron chi connectivity index (χ1n) is 6.40. The van der Waals surface area contributed by atoms with Gasteiger partial charge in [0.25, 0.3) is 0 Å². The van der Waals surface area contributed by atoms with Crippen LogP contribution in [0.4, 0.5) is 0 Å². The number of hydrogen-bond acceptors (Lipinski definition) is 4. The lowest BCUT2D eigenvalue weighted by molar-refractivity contribution is 0.294. The lowest BCUT2D eigenvalue weighted by atomic mass is 10.2. The zero-order valence-corrected chi connectivity index (χ0v) is 12.6. The lowest BCUT2D eigenvalue weighted by Gasteiger charge is -2.05. The molecule has 0 aliphatic carbocycles. The summed E-state index contributed by atoms with van der Waals surface area (Å²) >= 11 is 2.54. The normalized spacial score (nSPS) is 10.5. The summed E-state index contributed by atoms with van der Waals surface area (Å²) in [4.78, 5) is 8.73. The number of fused-ring (bicyclic) bond motifs is 1. The van der Waals surface area contributed by atoms with E-state index in [9.17, 15) is 5.26 Å². The minimum Gasteiger partial charge on any atom is -0.472 e. The van der Waals surface area contributed by atoms with Gasteiger partial charge >= 0.3 is 16.5 Å². The number of rotatable bonds is 3. The highest BCUT2D eigenvalue weighted by Gasteiger charge is 2.14. The number of benzene rings is 1.